The Bertz CT molecular complexity index is 1410. The van der Waals surface area contributed by atoms with Gasteiger partial charge < -0.3 is 19.3 Å². The maximum Gasteiger partial charge on any atom is 0.407 e. The van der Waals surface area contributed by atoms with Crippen LogP contribution in [-0.4, -0.2) is 23.3 Å². The number of benzene rings is 1. The van der Waals surface area contributed by atoms with Crippen molar-refractivity contribution < 1.29 is 18.8 Å². The number of nitrogens with one attached hydrogen (secondary N) is 1. The van der Waals surface area contributed by atoms with Gasteiger partial charge >= 0.3 is 6.09 Å². The summed E-state index contributed by atoms with van der Waals surface area (Å²) in [5.74, 6) is 1.67. The molecule has 0 saturated carbocycles. The Morgan fingerprint density at radius 2 is 2.15 bits per heavy atom. The number of methoxy groups -OCH3 is 1. The van der Waals surface area contributed by atoms with Gasteiger partial charge in [0.2, 0.25) is 0 Å². The molecule has 0 fully saturated rings. The van der Waals surface area contributed by atoms with Gasteiger partial charge in [0.1, 0.15) is 5.75 Å². The van der Waals surface area contributed by atoms with Gasteiger partial charge in [-0.25, -0.2) is 4.79 Å². The number of nitrogens with zero attached hydrogens (tertiary/aromatic N) is 2. The summed E-state index contributed by atoms with van der Waals surface area (Å²) in [6.45, 7) is 0.371. The van der Waals surface area contributed by atoms with Crippen LogP contribution in [-0.2, 0) is 30.5 Å². The third kappa shape index (κ3) is 3.71. The minimum Gasteiger partial charge on any atom is -0.481 e. The second kappa shape index (κ2) is 8.60. The van der Waals surface area contributed by atoms with E-state index in [4.69, 9.17) is 20.9 Å². The molecular formula is C25H22ClN3O4S. The predicted molar refractivity (Wildman–Crippen MR) is 130 cm³/mol. The van der Waals surface area contributed by atoms with Crippen molar-refractivity contribution >= 4 is 39.2 Å². The number of rotatable bonds is 4. The second-order valence-corrected chi connectivity index (χ2v) is 10.1. The van der Waals surface area contributed by atoms with Crippen molar-refractivity contribution in [1.82, 2.24) is 15.5 Å². The number of amides is 1. The van der Waals surface area contributed by atoms with Crippen LogP contribution in [0.4, 0.5) is 4.79 Å². The van der Waals surface area contributed by atoms with Crippen LogP contribution in [0.1, 0.15) is 46.4 Å². The van der Waals surface area contributed by atoms with Crippen LogP contribution in [0, 0.1) is 0 Å². The molecular weight excluding hydrogens is 474 g/mol. The van der Waals surface area contributed by atoms with Gasteiger partial charge in [-0.1, -0.05) is 16.8 Å². The molecule has 7 nitrogen and oxygen atoms in total. The van der Waals surface area contributed by atoms with Gasteiger partial charge in [-0.05, 0) is 49.9 Å². The van der Waals surface area contributed by atoms with Gasteiger partial charge in [0.25, 0.3) is 0 Å². The number of hydrogen-bond acceptors (Lipinski definition) is 7. The molecule has 1 aliphatic heterocycles. The molecule has 4 aromatic rings. The molecule has 0 radical (unpaired) electrons. The summed E-state index contributed by atoms with van der Waals surface area (Å²) < 4.78 is 18.0. The Balaban J connectivity index is 1.37. The number of thiophene rings is 1. The van der Waals surface area contributed by atoms with Crippen molar-refractivity contribution in [3.05, 3.63) is 62.9 Å². The van der Waals surface area contributed by atoms with E-state index in [0.717, 1.165) is 74.7 Å². The average molecular weight is 496 g/mol. The zero-order chi connectivity index (χ0) is 23.2. The lowest BCUT2D eigenvalue weighted by Crippen LogP contribution is -2.21. The van der Waals surface area contributed by atoms with E-state index in [-0.39, 0.29) is 6.10 Å². The minimum absolute atomic E-state index is 0.206. The number of alkyl carbamates (subject to hydrolysis) is 1. The number of carbonyl (C=O) groups excluding carboxylic acids is 1. The number of aromatic nitrogens is 2. The Morgan fingerprint density at radius 3 is 3.03 bits per heavy atom. The summed E-state index contributed by atoms with van der Waals surface area (Å²) >= 11 is 8.14. The molecule has 1 amide bonds. The van der Waals surface area contributed by atoms with E-state index in [1.54, 1.807) is 17.5 Å². The number of halogens is 1. The number of aryl methyl sites for hydroxylation is 1. The number of fused-ring (bicyclic) bond motifs is 3. The molecule has 2 aliphatic rings. The maximum absolute atomic E-state index is 11.5. The Hall–Kier alpha value is -3.10. The number of ether oxygens (including phenoxy) is 2. The fourth-order valence-electron chi connectivity index (χ4n) is 4.86. The Kier molecular flexibility index (Phi) is 5.42. The highest BCUT2D eigenvalue weighted by Crippen LogP contribution is 2.48. The lowest BCUT2D eigenvalue weighted by atomic mass is 9.93. The van der Waals surface area contributed by atoms with Crippen LogP contribution in [0.25, 0.3) is 21.3 Å². The molecule has 174 valence electrons. The first-order valence-corrected chi connectivity index (χ1v) is 12.5. The molecule has 3 aromatic heterocycles. The van der Waals surface area contributed by atoms with Gasteiger partial charge in [0.05, 0.1) is 29.6 Å². The van der Waals surface area contributed by atoms with Crippen molar-refractivity contribution in [2.75, 3.05) is 7.11 Å². The van der Waals surface area contributed by atoms with Gasteiger partial charge in [-0.3, -0.25) is 4.98 Å². The van der Waals surface area contributed by atoms with E-state index >= 15 is 0 Å². The van der Waals surface area contributed by atoms with Crippen molar-refractivity contribution in [2.24, 2.45) is 0 Å². The van der Waals surface area contributed by atoms with E-state index in [2.05, 4.69) is 20.2 Å². The fraction of sp³-hybridized carbons (Fsp3) is 0.320. The monoisotopic (exact) mass is 495 g/mol. The summed E-state index contributed by atoms with van der Waals surface area (Å²) in [6, 6.07) is 7.88. The van der Waals surface area contributed by atoms with Crippen molar-refractivity contribution in [3.63, 3.8) is 0 Å². The molecule has 1 N–H and O–H groups in total. The highest BCUT2D eigenvalue weighted by atomic mass is 35.5. The number of pyridine rings is 1. The molecule has 1 aromatic carbocycles. The van der Waals surface area contributed by atoms with Crippen LogP contribution < -0.4 is 10.1 Å². The summed E-state index contributed by atoms with van der Waals surface area (Å²) in [5, 5.41) is 7.70. The normalized spacial score (nSPS) is 16.7. The molecule has 4 heterocycles. The summed E-state index contributed by atoms with van der Waals surface area (Å²) in [6.07, 6.45) is 6.07. The number of hydrogen-bond donors (Lipinski definition) is 1. The quantitative estimate of drug-likeness (QED) is 0.373. The van der Waals surface area contributed by atoms with Gasteiger partial charge in [-0.15, -0.1) is 11.3 Å². The van der Waals surface area contributed by atoms with E-state index in [0.29, 0.717) is 18.0 Å². The summed E-state index contributed by atoms with van der Waals surface area (Å²) in [7, 11) is 1.35. The number of carbonyl (C=O) groups is 1. The highest BCUT2D eigenvalue weighted by molar-refractivity contribution is 7.19. The molecule has 34 heavy (non-hydrogen) atoms. The van der Waals surface area contributed by atoms with E-state index in [1.165, 1.54) is 12.7 Å². The molecule has 6 rings (SSSR count). The third-order valence-corrected chi connectivity index (χ3v) is 7.80. The third-order valence-electron chi connectivity index (χ3n) is 6.42. The molecule has 1 atom stereocenters. The summed E-state index contributed by atoms with van der Waals surface area (Å²) in [5.41, 5.74) is 6.13. The van der Waals surface area contributed by atoms with Crippen LogP contribution in [0.2, 0.25) is 5.02 Å². The smallest absolute Gasteiger partial charge is 0.407 e. The van der Waals surface area contributed by atoms with E-state index in [9.17, 15) is 4.79 Å². The van der Waals surface area contributed by atoms with Gasteiger partial charge in [0, 0.05) is 44.8 Å². The molecule has 0 saturated heterocycles. The van der Waals surface area contributed by atoms with E-state index in [1.807, 2.05) is 24.3 Å². The predicted octanol–water partition coefficient (Wildman–Crippen LogP) is 6.02. The van der Waals surface area contributed by atoms with Crippen molar-refractivity contribution in [2.45, 2.75) is 44.8 Å². The zero-order valence-electron chi connectivity index (χ0n) is 18.5. The van der Waals surface area contributed by atoms with Crippen LogP contribution >= 0.6 is 22.9 Å². The fourth-order valence-corrected chi connectivity index (χ4v) is 6.18. The second-order valence-electron chi connectivity index (χ2n) is 8.56. The topological polar surface area (TPSA) is 86.5 Å². The average Bonchev–Trinajstić information content (AvgIpc) is 3.57. The first-order chi connectivity index (χ1) is 16.6. The highest BCUT2D eigenvalue weighted by Gasteiger charge is 2.34. The molecule has 0 unspecified atom stereocenters. The molecule has 0 spiro atoms. The van der Waals surface area contributed by atoms with Crippen molar-refractivity contribution in [3.8, 4) is 16.9 Å². The first-order valence-electron chi connectivity index (χ1n) is 11.3. The lowest BCUT2D eigenvalue weighted by Gasteiger charge is -2.14. The summed E-state index contributed by atoms with van der Waals surface area (Å²) in [4.78, 5) is 17.0. The zero-order valence-corrected chi connectivity index (χ0v) is 20.1. The Morgan fingerprint density at radius 1 is 1.26 bits per heavy atom. The largest absolute Gasteiger partial charge is 0.481 e. The minimum atomic E-state index is -0.465. The molecule has 9 heteroatoms. The van der Waals surface area contributed by atoms with Crippen LogP contribution in [0.5, 0.6) is 5.75 Å². The SMILES string of the molecule is COC(=O)NCc1cc2nccc(-c3cc(Cl)cc4c3O[C@@H](c3onc5c3CCCC5)C4)c2s1. The van der Waals surface area contributed by atoms with Gasteiger partial charge in [0.15, 0.2) is 11.9 Å². The first kappa shape index (κ1) is 21.4. The van der Waals surface area contributed by atoms with Gasteiger partial charge in [-0.2, -0.15) is 0 Å². The van der Waals surface area contributed by atoms with Crippen molar-refractivity contribution in [1.29, 1.82) is 0 Å². The van der Waals surface area contributed by atoms with Crippen LogP contribution in [0.15, 0.2) is 35.0 Å². The maximum atomic E-state index is 11.5. The Labute approximate surface area is 205 Å². The molecule has 0 bridgehead atoms. The standard InChI is InChI=1S/C25H22ClN3O4S/c1-31-25(30)28-12-15-11-20-24(34-15)16(6-7-27-20)18-10-14(26)8-13-9-21(32-22(13)18)23-17-4-2-3-5-19(17)29-33-23/h6-8,10-11,21H,2-5,9,12H2,1H3,(H,28,30)/t21-/m1/s1. The lowest BCUT2D eigenvalue weighted by molar-refractivity contribution is 0.170. The van der Waals surface area contributed by atoms with Crippen LogP contribution in [0.3, 0.4) is 0 Å². The molecule has 1 aliphatic carbocycles. The van der Waals surface area contributed by atoms with E-state index < -0.39 is 6.09 Å².